The van der Waals surface area contributed by atoms with Crippen molar-refractivity contribution in [1.82, 2.24) is 4.57 Å². The molecular weight excluding hydrogens is 248 g/mol. The molecule has 0 unspecified atom stereocenters. The van der Waals surface area contributed by atoms with Crippen LogP contribution >= 0.6 is 0 Å². The average molecular weight is 266 g/mol. The first-order chi connectivity index (χ1) is 9.50. The summed E-state index contributed by atoms with van der Waals surface area (Å²) in [5.41, 5.74) is 6.25. The fourth-order valence-corrected chi connectivity index (χ4v) is 2.72. The first kappa shape index (κ1) is 12.7. The molecule has 1 aromatic heterocycles. The smallest absolute Gasteiger partial charge is 0.258 e. The summed E-state index contributed by atoms with van der Waals surface area (Å²) >= 11 is 0. The summed E-state index contributed by atoms with van der Waals surface area (Å²) in [5.74, 6) is 0.0621. The summed E-state index contributed by atoms with van der Waals surface area (Å²) < 4.78 is 2.14. The average Bonchev–Trinajstić information content (AvgIpc) is 2.83. The number of para-hydroxylation sites is 1. The van der Waals surface area contributed by atoms with Gasteiger partial charge in [0, 0.05) is 36.6 Å². The largest absolute Gasteiger partial charge is 0.352 e. The van der Waals surface area contributed by atoms with E-state index in [0.29, 0.717) is 0 Å². The minimum absolute atomic E-state index is 0.0621. The van der Waals surface area contributed by atoms with Crippen molar-refractivity contribution in [2.75, 3.05) is 11.9 Å². The molecule has 0 saturated carbocycles. The molecule has 0 radical (unpaired) electrons. The fraction of sp³-hybridized carbons (Fsp3) is 0.235. The summed E-state index contributed by atoms with van der Waals surface area (Å²) in [7, 11) is 3.87. The van der Waals surface area contributed by atoms with Crippen molar-refractivity contribution in [3.8, 4) is 0 Å². The van der Waals surface area contributed by atoms with Crippen LogP contribution in [0.1, 0.15) is 22.5 Å². The first-order valence-corrected chi connectivity index (χ1v) is 6.73. The molecule has 2 aromatic rings. The van der Waals surface area contributed by atoms with Crippen LogP contribution < -0.4 is 4.90 Å². The summed E-state index contributed by atoms with van der Waals surface area (Å²) in [6.07, 6.45) is 2.01. The maximum Gasteiger partial charge on any atom is 0.258 e. The number of carbonyl (C=O) groups excluding carboxylic acids is 1. The topological polar surface area (TPSA) is 25.2 Å². The highest BCUT2D eigenvalue weighted by Crippen LogP contribution is 2.36. The van der Waals surface area contributed by atoms with E-state index in [4.69, 9.17) is 0 Å². The van der Waals surface area contributed by atoms with Gasteiger partial charge in [0.15, 0.2) is 0 Å². The molecule has 0 spiro atoms. The van der Waals surface area contributed by atoms with Gasteiger partial charge >= 0.3 is 0 Å². The summed E-state index contributed by atoms with van der Waals surface area (Å²) in [6.45, 7) is 4.15. The van der Waals surface area contributed by atoms with E-state index in [1.54, 1.807) is 4.90 Å². The van der Waals surface area contributed by atoms with Gasteiger partial charge in [-0.15, -0.1) is 0 Å². The molecule has 102 valence electrons. The fourth-order valence-electron chi connectivity index (χ4n) is 2.72. The zero-order valence-electron chi connectivity index (χ0n) is 12.3. The van der Waals surface area contributed by atoms with Crippen molar-refractivity contribution in [1.29, 1.82) is 0 Å². The van der Waals surface area contributed by atoms with Gasteiger partial charge in [0.1, 0.15) is 0 Å². The lowest BCUT2D eigenvalue weighted by atomic mass is 10.0. The number of carbonyl (C=O) groups is 1. The third kappa shape index (κ3) is 1.70. The van der Waals surface area contributed by atoms with Gasteiger partial charge in [-0.25, -0.2) is 0 Å². The Balaban J connectivity index is 2.17. The predicted molar refractivity (Wildman–Crippen MR) is 82.6 cm³/mol. The molecule has 1 aromatic carbocycles. The van der Waals surface area contributed by atoms with E-state index >= 15 is 0 Å². The molecule has 20 heavy (non-hydrogen) atoms. The minimum Gasteiger partial charge on any atom is -0.352 e. The van der Waals surface area contributed by atoms with Crippen LogP contribution in [0.4, 0.5) is 5.69 Å². The quantitative estimate of drug-likeness (QED) is 0.728. The van der Waals surface area contributed by atoms with Crippen LogP contribution in [-0.2, 0) is 11.8 Å². The van der Waals surface area contributed by atoms with E-state index in [-0.39, 0.29) is 5.91 Å². The lowest BCUT2D eigenvalue weighted by Gasteiger charge is -2.07. The maximum atomic E-state index is 12.4. The molecule has 2 heterocycles. The molecule has 0 bridgehead atoms. The highest BCUT2D eigenvalue weighted by molar-refractivity contribution is 6.35. The molecule has 3 nitrogen and oxygen atoms in total. The Bertz CT molecular complexity index is 737. The Morgan fingerprint density at radius 1 is 1.10 bits per heavy atom. The number of hydrogen-bond donors (Lipinski definition) is 0. The van der Waals surface area contributed by atoms with Gasteiger partial charge in [0.05, 0.1) is 5.69 Å². The molecule has 0 saturated heterocycles. The zero-order chi connectivity index (χ0) is 14.4. The molecular formula is C17H18N2O. The van der Waals surface area contributed by atoms with E-state index in [9.17, 15) is 4.79 Å². The molecule has 0 fully saturated rings. The van der Waals surface area contributed by atoms with Crippen LogP contribution in [-0.4, -0.2) is 17.5 Å². The molecule has 1 aliphatic heterocycles. The number of aryl methyl sites for hydroxylation is 1. The van der Waals surface area contributed by atoms with E-state index in [1.807, 2.05) is 44.4 Å². The number of likely N-dealkylation sites (N-methyl/N-ethyl adjacent to an activating group) is 1. The second-order valence-corrected chi connectivity index (χ2v) is 5.32. The number of aromatic nitrogens is 1. The number of nitrogens with zero attached hydrogens (tertiary/aromatic N) is 2. The highest BCUT2D eigenvalue weighted by atomic mass is 16.2. The van der Waals surface area contributed by atoms with Crippen molar-refractivity contribution in [3.63, 3.8) is 0 Å². The second-order valence-electron chi connectivity index (χ2n) is 5.32. The van der Waals surface area contributed by atoms with E-state index < -0.39 is 0 Å². The number of benzene rings is 1. The SMILES string of the molecule is Cc1cc(C=C2C(=O)N(C)c3ccccc32)c(C)n1C. The van der Waals surface area contributed by atoms with Gasteiger partial charge in [-0.1, -0.05) is 18.2 Å². The summed E-state index contributed by atoms with van der Waals surface area (Å²) in [6, 6.07) is 10.0. The first-order valence-electron chi connectivity index (χ1n) is 6.73. The van der Waals surface area contributed by atoms with Gasteiger partial charge in [0.25, 0.3) is 5.91 Å². The van der Waals surface area contributed by atoms with Crippen molar-refractivity contribution < 1.29 is 4.79 Å². The predicted octanol–water partition coefficient (Wildman–Crippen LogP) is 3.16. The van der Waals surface area contributed by atoms with Gasteiger partial charge < -0.3 is 9.47 Å². The molecule has 0 N–H and O–H groups in total. The zero-order valence-corrected chi connectivity index (χ0v) is 12.3. The Morgan fingerprint density at radius 2 is 1.80 bits per heavy atom. The summed E-state index contributed by atoms with van der Waals surface area (Å²) in [5, 5.41) is 0. The lowest BCUT2D eigenvalue weighted by molar-refractivity contribution is -0.112. The van der Waals surface area contributed by atoms with Gasteiger partial charge in [0.2, 0.25) is 0 Å². The van der Waals surface area contributed by atoms with Crippen LogP contribution in [0, 0.1) is 13.8 Å². The number of fused-ring (bicyclic) bond motifs is 1. The van der Waals surface area contributed by atoms with Crippen LogP contribution in [0.25, 0.3) is 11.6 Å². The van der Waals surface area contributed by atoms with Crippen LogP contribution in [0.15, 0.2) is 30.3 Å². The van der Waals surface area contributed by atoms with Crippen molar-refractivity contribution >= 4 is 23.2 Å². The molecule has 3 heteroatoms. The Kier molecular flexibility index (Phi) is 2.78. The monoisotopic (exact) mass is 266 g/mol. The van der Waals surface area contributed by atoms with E-state index in [2.05, 4.69) is 24.5 Å². The normalized spacial score (nSPS) is 16.1. The number of rotatable bonds is 1. The Labute approximate surface area is 119 Å². The number of hydrogen-bond acceptors (Lipinski definition) is 1. The standard InChI is InChI=1S/C17H18N2O/c1-11-9-13(12(2)18(11)3)10-15-14-7-5-6-8-16(14)19(4)17(15)20/h5-10H,1-4H3. The second kappa shape index (κ2) is 4.37. The van der Waals surface area contributed by atoms with Crippen molar-refractivity contribution in [3.05, 3.63) is 52.8 Å². The van der Waals surface area contributed by atoms with Crippen molar-refractivity contribution in [2.45, 2.75) is 13.8 Å². The maximum absolute atomic E-state index is 12.4. The molecule has 0 aliphatic carbocycles. The minimum atomic E-state index is 0.0621. The molecule has 3 rings (SSSR count). The van der Waals surface area contributed by atoms with Gasteiger partial charge in [-0.05, 0) is 37.6 Å². The van der Waals surface area contributed by atoms with Gasteiger partial charge in [-0.2, -0.15) is 0 Å². The Hall–Kier alpha value is -2.29. The third-order valence-electron chi connectivity index (χ3n) is 4.20. The third-order valence-corrected chi connectivity index (χ3v) is 4.20. The van der Waals surface area contributed by atoms with Gasteiger partial charge in [-0.3, -0.25) is 4.79 Å². The lowest BCUT2D eigenvalue weighted by Crippen LogP contribution is -2.20. The van der Waals surface area contributed by atoms with E-state index in [1.165, 1.54) is 11.4 Å². The van der Waals surface area contributed by atoms with Crippen LogP contribution in [0.5, 0.6) is 0 Å². The molecule has 1 aliphatic rings. The number of anilines is 1. The van der Waals surface area contributed by atoms with Crippen LogP contribution in [0.3, 0.4) is 0 Å². The van der Waals surface area contributed by atoms with Crippen molar-refractivity contribution in [2.24, 2.45) is 7.05 Å². The molecule has 1 amide bonds. The number of amides is 1. The summed E-state index contributed by atoms with van der Waals surface area (Å²) in [4.78, 5) is 14.1. The Morgan fingerprint density at radius 3 is 2.45 bits per heavy atom. The molecule has 0 atom stereocenters. The highest BCUT2D eigenvalue weighted by Gasteiger charge is 2.29. The van der Waals surface area contributed by atoms with Crippen LogP contribution in [0.2, 0.25) is 0 Å². The van der Waals surface area contributed by atoms with E-state index in [0.717, 1.165) is 22.4 Å².